The Balaban J connectivity index is 0.000000607. The molecule has 1 unspecified atom stereocenters. The number of aromatic nitrogens is 2. The highest BCUT2D eigenvalue weighted by molar-refractivity contribution is 8.13. The molecule has 0 amide bonds. The van der Waals surface area contributed by atoms with E-state index < -0.39 is 31.1 Å². The topological polar surface area (TPSA) is 117 Å². The van der Waals surface area contributed by atoms with Crippen LogP contribution in [0.3, 0.4) is 0 Å². The summed E-state index contributed by atoms with van der Waals surface area (Å²) in [5.41, 5.74) is -12.4. The number of sulfonamides is 2. The van der Waals surface area contributed by atoms with E-state index in [0.717, 1.165) is 10.7 Å². The van der Waals surface area contributed by atoms with Crippen LogP contribution in [0, 0.1) is 0 Å². The van der Waals surface area contributed by atoms with Crippen molar-refractivity contribution in [3.8, 4) is 0 Å². The Morgan fingerprint density at radius 2 is 1.66 bits per heavy atom. The standard InChI is InChI=1S/C13H21N2O2.C2F6NO4S2/c1-4-6-7-14-8-9-15(11-14)10-12(3)17-13(16)5-2;3-1(4,5)14(10,11)9-15(12,13)2(6,7)8/h5,8-9,11-12H,2,4,6-7,10H2,1,3H3;/q+1;-1. The van der Waals surface area contributed by atoms with Crippen LogP contribution in [0.1, 0.15) is 26.7 Å². The number of carbonyl (C=O) groups is 1. The monoisotopic (exact) mass is 517 g/mol. The predicted octanol–water partition coefficient (Wildman–Crippen LogP) is 2.75. The van der Waals surface area contributed by atoms with Gasteiger partial charge in [-0.3, -0.25) is 0 Å². The number of ether oxygens (including phenoxy) is 1. The Kier molecular flexibility index (Phi) is 10.9. The highest BCUT2D eigenvalue weighted by atomic mass is 32.3. The summed E-state index contributed by atoms with van der Waals surface area (Å²) in [5.74, 6) is -0.372. The lowest BCUT2D eigenvalue weighted by atomic mass is 10.3. The number of nitrogens with zero attached hydrogens (tertiary/aromatic N) is 3. The molecule has 1 aromatic heterocycles. The first-order chi connectivity index (χ1) is 14.4. The van der Waals surface area contributed by atoms with Crippen molar-refractivity contribution in [2.75, 3.05) is 0 Å². The molecule has 0 aromatic carbocycles. The minimum absolute atomic E-state index is 0.146. The molecule has 0 N–H and O–H groups in total. The molecule has 0 radical (unpaired) electrons. The molecule has 0 aliphatic carbocycles. The summed E-state index contributed by atoms with van der Waals surface area (Å²) >= 11 is 0. The van der Waals surface area contributed by atoms with E-state index >= 15 is 0 Å². The van der Waals surface area contributed by atoms with Crippen LogP contribution in [0.4, 0.5) is 26.3 Å². The number of esters is 1. The van der Waals surface area contributed by atoms with Gasteiger partial charge in [-0.05, 0) is 13.3 Å². The van der Waals surface area contributed by atoms with Crippen LogP contribution in [0.2, 0.25) is 0 Å². The van der Waals surface area contributed by atoms with Crippen LogP contribution in [-0.4, -0.2) is 44.5 Å². The zero-order valence-electron chi connectivity index (χ0n) is 16.8. The minimum atomic E-state index is -6.72. The number of imidazole rings is 1. The van der Waals surface area contributed by atoms with Gasteiger partial charge in [0.15, 0.2) is 20.0 Å². The Morgan fingerprint density at radius 3 is 2.06 bits per heavy atom. The van der Waals surface area contributed by atoms with Crippen molar-refractivity contribution in [2.24, 2.45) is 0 Å². The van der Waals surface area contributed by atoms with Gasteiger partial charge in [0.25, 0.3) is 0 Å². The fourth-order valence-electron chi connectivity index (χ4n) is 1.81. The Labute approximate surface area is 180 Å². The molecule has 0 aliphatic heterocycles. The number of halogens is 6. The molecule has 0 saturated heterocycles. The van der Waals surface area contributed by atoms with Gasteiger partial charge in [-0.25, -0.2) is 30.8 Å². The maximum Gasteiger partial charge on any atom is 0.480 e. The van der Waals surface area contributed by atoms with E-state index in [-0.39, 0.29) is 12.1 Å². The van der Waals surface area contributed by atoms with Crippen LogP contribution >= 0.6 is 0 Å². The van der Waals surface area contributed by atoms with Gasteiger partial charge in [0.2, 0.25) is 6.33 Å². The maximum absolute atomic E-state index is 11.4. The Hall–Kier alpha value is -2.14. The second kappa shape index (κ2) is 11.6. The van der Waals surface area contributed by atoms with Gasteiger partial charge in [0, 0.05) is 6.08 Å². The van der Waals surface area contributed by atoms with Crippen molar-refractivity contribution in [3.05, 3.63) is 35.5 Å². The summed E-state index contributed by atoms with van der Waals surface area (Å²) in [7, 11) is -13.4. The molecule has 186 valence electrons. The van der Waals surface area contributed by atoms with Crippen LogP contribution in [0.5, 0.6) is 0 Å². The number of unbranched alkanes of at least 4 members (excludes halogenated alkanes) is 1. The van der Waals surface area contributed by atoms with Gasteiger partial charge in [-0.15, -0.1) is 0 Å². The van der Waals surface area contributed by atoms with Crippen molar-refractivity contribution < 1.29 is 57.3 Å². The lowest BCUT2D eigenvalue weighted by Crippen LogP contribution is -2.38. The average molecular weight is 517 g/mol. The molecular weight excluding hydrogens is 496 g/mol. The third kappa shape index (κ3) is 9.99. The molecule has 1 aromatic rings. The smallest absolute Gasteiger partial charge is 0.455 e. The molecule has 0 spiro atoms. The SMILES string of the molecule is C=CC(=O)OC(C)C[n+]1ccn(CCCC)c1.O=S(=O)([N-]S(=O)(=O)C(F)(F)F)C(F)(F)F. The van der Waals surface area contributed by atoms with Crippen molar-refractivity contribution in [3.63, 3.8) is 0 Å². The fourth-order valence-corrected chi connectivity index (χ4v) is 3.52. The molecule has 0 aliphatic rings. The van der Waals surface area contributed by atoms with Crippen molar-refractivity contribution in [1.82, 2.24) is 4.57 Å². The van der Waals surface area contributed by atoms with E-state index in [0.29, 0.717) is 6.54 Å². The molecule has 0 bridgehead atoms. The molecule has 17 heteroatoms. The Bertz CT molecular complexity index is 929. The second-order valence-corrected chi connectivity index (χ2v) is 9.49. The zero-order valence-corrected chi connectivity index (χ0v) is 18.4. The number of alkyl halides is 6. The third-order valence-electron chi connectivity index (χ3n) is 3.25. The molecule has 32 heavy (non-hydrogen) atoms. The predicted molar refractivity (Wildman–Crippen MR) is 98.6 cm³/mol. The molecule has 1 heterocycles. The largest absolute Gasteiger partial charge is 0.480 e. The maximum atomic E-state index is 11.4. The fraction of sp³-hybridized carbons (Fsp3) is 0.600. The number of aryl methyl sites for hydroxylation is 1. The Morgan fingerprint density at radius 1 is 1.16 bits per heavy atom. The van der Waals surface area contributed by atoms with Crippen LogP contribution in [0.25, 0.3) is 4.13 Å². The summed E-state index contributed by atoms with van der Waals surface area (Å²) < 4.78 is 118. The van der Waals surface area contributed by atoms with Crippen LogP contribution < -0.4 is 4.57 Å². The molecular formula is C15H21F6N3O6S2. The van der Waals surface area contributed by atoms with Gasteiger partial charge >= 0.3 is 17.0 Å². The average Bonchev–Trinajstić information content (AvgIpc) is 3.04. The first-order valence-corrected chi connectivity index (χ1v) is 11.5. The van der Waals surface area contributed by atoms with Crippen molar-refractivity contribution in [2.45, 2.75) is 56.9 Å². The van der Waals surface area contributed by atoms with E-state index in [1.54, 1.807) is 0 Å². The molecule has 1 rings (SSSR count). The summed E-state index contributed by atoms with van der Waals surface area (Å²) in [6.45, 7) is 9.12. The van der Waals surface area contributed by atoms with E-state index in [1.807, 2.05) is 30.2 Å². The van der Waals surface area contributed by atoms with E-state index in [9.17, 15) is 48.0 Å². The van der Waals surface area contributed by atoms with E-state index in [1.165, 1.54) is 18.9 Å². The minimum Gasteiger partial charge on any atom is -0.455 e. The van der Waals surface area contributed by atoms with Crippen molar-refractivity contribution >= 4 is 26.0 Å². The number of hydrogen-bond donors (Lipinski definition) is 0. The second-order valence-electron chi connectivity index (χ2n) is 6.07. The summed E-state index contributed by atoms with van der Waals surface area (Å²) in [6.07, 6.45) is 9.47. The number of rotatable bonds is 9. The molecule has 0 fully saturated rings. The lowest BCUT2D eigenvalue weighted by molar-refractivity contribution is -0.702. The van der Waals surface area contributed by atoms with Gasteiger partial charge < -0.3 is 8.86 Å². The van der Waals surface area contributed by atoms with E-state index in [4.69, 9.17) is 4.74 Å². The molecule has 0 saturated carbocycles. The first kappa shape index (κ1) is 29.9. The van der Waals surface area contributed by atoms with Gasteiger partial charge in [0.05, 0.1) is 6.54 Å². The number of hydrogen-bond acceptors (Lipinski definition) is 6. The third-order valence-corrected chi connectivity index (χ3v) is 5.99. The van der Waals surface area contributed by atoms with Gasteiger partial charge in [0.1, 0.15) is 25.0 Å². The van der Waals surface area contributed by atoms with Crippen molar-refractivity contribution in [1.29, 1.82) is 0 Å². The summed E-state index contributed by atoms with van der Waals surface area (Å²) in [4.78, 5) is 11.0. The van der Waals surface area contributed by atoms with E-state index in [2.05, 4.69) is 18.1 Å². The highest BCUT2D eigenvalue weighted by Gasteiger charge is 2.46. The molecule has 1 atom stereocenters. The van der Waals surface area contributed by atoms with Crippen LogP contribution in [-0.2, 0) is 42.7 Å². The number of carbonyl (C=O) groups excluding carboxylic acids is 1. The molecule has 9 nitrogen and oxygen atoms in total. The lowest BCUT2D eigenvalue weighted by Gasteiger charge is -2.22. The summed E-state index contributed by atoms with van der Waals surface area (Å²) in [6, 6.07) is 0. The highest BCUT2D eigenvalue weighted by Crippen LogP contribution is 2.36. The zero-order chi connectivity index (χ0) is 25.4. The normalized spacial score (nSPS) is 13.6. The van der Waals surface area contributed by atoms with Gasteiger partial charge in [-0.1, -0.05) is 19.9 Å². The first-order valence-electron chi connectivity index (χ1n) is 8.61. The van der Waals surface area contributed by atoms with Crippen LogP contribution in [0.15, 0.2) is 31.4 Å². The quantitative estimate of drug-likeness (QED) is 0.215. The summed E-state index contributed by atoms with van der Waals surface area (Å²) in [5, 5.41) is 0. The van der Waals surface area contributed by atoms with Gasteiger partial charge in [-0.2, -0.15) is 26.3 Å².